The topological polar surface area (TPSA) is 35.5 Å². The first-order valence-electron chi connectivity index (χ1n) is 21.3. The zero-order valence-corrected chi connectivity index (χ0v) is 31.0. The van der Waals surface area contributed by atoms with Crippen molar-refractivity contribution in [3.8, 4) is 11.5 Å². The zero-order chi connectivity index (χ0) is 33.1. The second-order valence-corrected chi connectivity index (χ2v) is 17.2. The highest BCUT2D eigenvalue weighted by molar-refractivity contribution is 5.75. The normalized spacial score (nSPS) is 32.4. The van der Waals surface area contributed by atoms with Crippen molar-refractivity contribution in [3.63, 3.8) is 0 Å². The van der Waals surface area contributed by atoms with E-state index in [1.165, 1.54) is 165 Å². The van der Waals surface area contributed by atoms with Gasteiger partial charge in [0.05, 0.1) is 5.92 Å². The maximum absolute atomic E-state index is 13.1. The molecule has 1 aromatic carbocycles. The zero-order valence-electron chi connectivity index (χ0n) is 31.0. The molecule has 48 heavy (non-hydrogen) atoms. The summed E-state index contributed by atoms with van der Waals surface area (Å²) in [7, 11) is 0. The maximum Gasteiger partial charge on any atom is 0.314 e. The summed E-state index contributed by atoms with van der Waals surface area (Å²) in [6.07, 6.45) is 35.1. The van der Waals surface area contributed by atoms with Gasteiger partial charge in [-0.3, -0.25) is 4.79 Å². The third kappa shape index (κ3) is 10.4. The van der Waals surface area contributed by atoms with Crippen LogP contribution < -0.4 is 9.47 Å². The van der Waals surface area contributed by atoms with E-state index in [-0.39, 0.29) is 11.9 Å². The summed E-state index contributed by atoms with van der Waals surface area (Å²) in [4.78, 5) is 13.1. The van der Waals surface area contributed by atoms with Gasteiger partial charge in [0.15, 0.2) is 0 Å². The predicted octanol–water partition coefficient (Wildman–Crippen LogP) is 13.4. The summed E-state index contributed by atoms with van der Waals surface area (Å²) in [5, 5.41) is 0. The largest absolute Gasteiger partial charge is 0.461 e. The van der Waals surface area contributed by atoms with Gasteiger partial charge in [-0.15, -0.1) is 0 Å². The van der Waals surface area contributed by atoms with E-state index in [0.717, 1.165) is 54.1 Å². The lowest BCUT2D eigenvalue weighted by Gasteiger charge is -2.38. The minimum Gasteiger partial charge on any atom is -0.461 e. The number of hydrogen-bond donors (Lipinski definition) is 0. The molecule has 0 bridgehead atoms. The van der Waals surface area contributed by atoms with Gasteiger partial charge < -0.3 is 9.47 Å². The second kappa shape index (κ2) is 18.5. The minimum absolute atomic E-state index is 0.0238. The molecule has 0 atom stereocenters. The molecule has 3 nitrogen and oxygen atoms in total. The van der Waals surface area contributed by atoms with Crippen LogP contribution in [0.2, 0.25) is 0 Å². The fourth-order valence-electron chi connectivity index (χ4n) is 10.6. The van der Waals surface area contributed by atoms with Crippen LogP contribution in [0.5, 0.6) is 11.5 Å². The summed E-state index contributed by atoms with van der Waals surface area (Å²) in [5.74, 6) is 9.08. The van der Waals surface area contributed by atoms with Gasteiger partial charge in [-0.1, -0.05) is 90.9 Å². The molecule has 0 aromatic heterocycles. The van der Waals surface area contributed by atoms with Crippen LogP contribution in [0.25, 0.3) is 0 Å². The number of unbranched alkanes of at least 4 members (excludes halogenated alkanes) is 4. The van der Waals surface area contributed by atoms with Gasteiger partial charge >= 0.3 is 5.97 Å². The third-order valence-corrected chi connectivity index (χ3v) is 13.9. The number of rotatable bonds is 15. The van der Waals surface area contributed by atoms with Crippen molar-refractivity contribution in [2.75, 3.05) is 0 Å². The lowest BCUT2D eigenvalue weighted by Crippen LogP contribution is -2.30. The number of allylic oxidation sites excluding steroid dienone is 2. The molecule has 6 rings (SSSR count). The maximum atomic E-state index is 13.1. The van der Waals surface area contributed by atoms with Gasteiger partial charge in [-0.05, 0) is 155 Å². The molecule has 0 aliphatic heterocycles. The Bertz CT molecular complexity index is 1110. The Morgan fingerprint density at radius 3 is 1.33 bits per heavy atom. The molecule has 1 aromatic rings. The molecule has 5 aliphatic carbocycles. The van der Waals surface area contributed by atoms with E-state index in [1.54, 1.807) is 0 Å². The average Bonchev–Trinajstić information content (AvgIpc) is 3.98. The Morgan fingerprint density at radius 1 is 0.521 bits per heavy atom. The highest BCUT2D eigenvalue weighted by Crippen LogP contribution is 2.47. The average molecular weight is 659 g/mol. The lowest BCUT2D eigenvalue weighted by molar-refractivity contribution is -0.140. The van der Waals surface area contributed by atoms with Crippen molar-refractivity contribution in [2.45, 2.75) is 181 Å². The molecule has 0 N–H and O–H groups in total. The number of benzene rings is 1. The van der Waals surface area contributed by atoms with Crippen molar-refractivity contribution in [1.82, 2.24) is 0 Å². The molecule has 5 saturated carbocycles. The van der Waals surface area contributed by atoms with E-state index < -0.39 is 0 Å². The van der Waals surface area contributed by atoms with E-state index in [0.29, 0.717) is 11.7 Å². The van der Waals surface area contributed by atoms with Gasteiger partial charge in [0, 0.05) is 5.92 Å². The van der Waals surface area contributed by atoms with Crippen molar-refractivity contribution < 1.29 is 14.3 Å². The predicted molar refractivity (Wildman–Crippen MR) is 199 cm³/mol. The Morgan fingerprint density at radius 2 is 0.917 bits per heavy atom. The highest BCUT2D eigenvalue weighted by Gasteiger charge is 2.36. The summed E-state index contributed by atoms with van der Waals surface area (Å²) >= 11 is 0. The van der Waals surface area contributed by atoms with Crippen LogP contribution in [0.4, 0.5) is 0 Å². The quantitative estimate of drug-likeness (QED) is 0.0814. The van der Waals surface area contributed by atoms with Crippen molar-refractivity contribution in [3.05, 3.63) is 35.6 Å². The second-order valence-electron chi connectivity index (χ2n) is 17.2. The molecule has 0 radical (unpaired) electrons. The van der Waals surface area contributed by atoms with E-state index in [1.807, 2.05) is 24.3 Å². The molecular weight excluding hydrogens is 588 g/mol. The number of hydrogen-bond acceptors (Lipinski definition) is 3. The smallest absolute Gasteiger partial charge is 0.314 e. The van der Waals surface area contributed by atoms with Crippen molar-refractivity contribution in [2.24, 2.45) is 47.3 Å². The molecular formula is C45H70O3. The van der Waals surface area contributed by atoms with Crippen LogP contribution in [0, 0.1) is 47.3 Å². The van der Waals surface area contributed by atoms with Crippen LogP contribution >= 0.6 is 0 Å². The van der Waals surface area contributed by atoms with Crippen LogP contribution in [0.1, 0.15) is 181 Å². The Labute approximate surface area is 294 Å². The van der Waals surface area contributed by atoms with Crippen LogP contribution in [-0.2, 0) is 4.79 Å². The number of carbonyl (C=O) groups is 1. The first-order valence-corrected chi connectivity index (χ1v) is 21.3. The third-order valence-electron chi connectivity index (χ3n) is 13.9. The van der Waals surface area contributed by atoms with Crippen molar-refractivity contribution in [1.29, 1.82) is 0 Å². The Balaban J connectivity index is 0.898. The molecule has 5 fully saturated rings. The molecule has 0 amide bonds. The van der Waals surface area contributed by atoms with E-state index in [4.69, 9.17) is 9.47 Å². The molecule has 0 saturated heterocycles. The SMILES string of the molecule is CCCCCC1CCC(C2CCC(C(=O)Oc3ccc(OC(=C4CC4)C4CCC(C5CCC(CCCCC)CC5)CC4)cc3)CC2)CC1. The van der Waals surface area contributed by atoms with Gasteiger partial charge in [0.25, 0.3) is 0 Å². The molecule has 268 valence electrons. The van der Waals surface area contributed by atoms with Crippen molar-refractivity contribution >= 4 is 5.97 Å². The van der Waals surface area contributed by atoms with Crippen LogP contribution in [-0.4, -0.2) is 5.97 Å². The molecule has 3 heteroatoms. The standard InChI is InChI=1S/C45H70O3/c1-3-5-7-9-33-11-15-35(16-12-33)37-19-23-39(24-20-37)44(40-25-26-40)47-42-29-31-43(32-30-42)48-45(46)41-27-21-38(22-28-41)36-17-13-34(14-18-36)10-8-6-4-2/h29-39,41H,3-28H2,1-2H3. The van der Waals surface area contributed by atoms with Crippen LogP contribution in [0.3, 0.4) is 0 Å². The first-order chi connectivity index (χ1) is 23.6. The monoisotopic (exact) mass is 659 g/mol. The summed E-state index contributed by atoms with van der Waals surface area (Å²) in [6.45, 7) is 4.63. The lowest BCUT2D eigenvalue weighted by atomic mass is 9.68. The first kappa shape index (κ1) is 36.0. The molecule has 0 heterocycles. The van der Waals surface area contributed by atoms with E-state index >= 15 is 0 Å². The molecule has 5 aliphatic rings. The highest BCUT2D eigenvalue weighted by atomic mass is 16.5. The summed E-state index contributed by atoms with van der Waals surface area (Å²) in [6, 6.07) is 7.93. The Hall–Kier alpha value is -1.77. The fourth-order valence-corrected chi connectivity index (χ4v) is 10.6. The van der Waals surface area contributed by atoms with E-state index in [9.17, 15) is 4.79 Å². The number of ether oxygens (including phenoxy) is 2. The number of esters is 1. The fraction of sp³-hybridized carbons (Fsp3) is 0.800. The van der Waals surface area contributed by atoms with E-state index in [2.05, 4.69) is 13.8 Å². The Kier molecular flexibility index (Phi) is 13.9. The molecule has 0 spiro atoms. The van der Waals surface area contributed by atoms with Gasteiger partial charge in [-0.2, -0.15) is 0 Å². The summed E-state index contributed by atoms with van der Waals surface area (Å²) < 4.78 is 12.6. The summed E-state index contributed by atoms with van der Waals surface area (Å²) in [5.41, 5.74) is 1.54. The molecule has 0 unspecified atom stereocenters. The number of carbonyl (C=O) groups excluding carboxylic acids is 1. The van der Waals surface area contributed by atoms with Gasteiger partial charge in [0.1, 0.15) is 17.3 Å². The minimum atomic E-state index is -0.0238. The van der Waals surface area contributed by atoms with Gasteiger partial charge in [-0.25, -0.2) is 0 Å². The van der Waals surface area contributed by atoms with Crippen LogP contribution in [0.15, 0.2) is 35.6 Å². The van der Waals surface area contributed by atoms with Gasteiger partial charge in [0.2, 0.25) is 0 Å².